The van der Waals surface area contributed by atoms with Gasteiger partial charge in [-0.1, -0.05) is 46.3 Å². The molecule has 0 radical (unpaired) electrons. The molecule has 0 aliphatic rings. The Bertz CT molecular complexity index is 1060. The van der Waals surface area contributed by atoms with Gasteiger partial charge in [-0.3, -0.25) is 0 Å². The number of rotatable bonds is 3. The smallest absolute Gasteiger partial charge is 0.199 e. The fourth-order valence-corrected chi connectivity index (χ4v) is 3.08. The highest BCUT2D eigenvalue weighted by Crippen LogP contribution is 2.32. The molecule has 0 unspecified atom stereocenters. The normalized spacial score (nSPS) is 11.8. The van der Waals surface area contributed by atoms with E-state index in [0.29, 0.717) is 17.1 Å². The minimum Gasteiger partial charge on any atom is -0.494 e. The number of aromatic nitrogens is 3. The number of nitrogens with one attached hydrogen (secondary N) is 1. The summed E-state index contributed by atoms with van der Waals surface area (Å²) >= 11 is 3.49. The van der Waals surface area contributed by atoms with Crippen LogP contribution >= 0.6 is 15.9 Å². The molecule has 25 heavy (non-hydrogen) atoms. The molecular formula is C19H13BrN4O. The topological polar surface area (TPSA) is 74.2 Å². The molecule has 122 valence electrons. The summed E-state index contributed by atoms with van der Waals surface area (Å²) in [5.41, 5.74) is 2.97. The zero-order chi connectivity index (χ0) is 17.2. The average Bonchev–Trinajstić information content (AvgIpc) is 2.96. The first-order chi connectivity index (χ1) is 12.2. The number of hydrogen-bond donors (Lipinski definition) is 2. The molecule has 4 rings (SSSR count). The van der Waals surface area contributed by atoms with Crippen LogP contribution in [-0.4, -0.2) is 26.0 Å². The number of aromatic hydroxyl groups is 1. The molecule has 6 heteroatoms. The molecule has 0 saturated heterocycles. The number of aromatic amines is 1. The molecule has 2 heterocycles. The largest absolute Gasteiger partial charge is 0.494 e. The van der Waals surface area contributed by atoms with Crippen molar-refractivity contribution in [2.75, 3.05) is 0 Å². The lowest BCUT2D eigenvalue weighted by atomic mass is 10.0. The molecule has 2 aromatic heterocycles. The second-order valence-corrected chi connectivity index (χ2v) is 6.36. The zero-order valence-electron chi connectivity index (χ0n) is 13.0. The van der Waals surface area contributed by atoms with Crippen molar-refractivity contribution in [2.24, 2.45) is 4.99 Å². The summed E-state index contributed by atoms with van der Waals surface area (Å²) in [7, 11) is 0. The van der Waals surface area contributed by atoms with Gasteiger partial charge >= 0.3 is 0 Å². The number of halogens is 1. The third-order valence-electron chi connectivity index (χ3n) is 3.81. The van der Waals surface area contributed by atoms with Gasteiger partial charge in [0.05, 0.1) is 11.3 Å². The number of benzene rings is 2. The van der Waals surface area contributed by atoms with Crippen LogP contribution in [0.4, 0.5) is 5.82 Å². The fraction of sp³-hybridized carbons (Fsp3) is 0. The number of aliphatic imine (C=N–C) groups is 1. The van der Waals surface area contributed by atoms with Gasteiger partial charge in [0.15, 0.2) is 11.7 Å². The van der Waals surface area contributed by atoms with E-state index in [0.717, 1.165) is 20.9 Å². The van der Waals surface area contributed by atoms with Crippen LogP contribution in [0.2, 0.25) is 0 Å². The molecule has 5 nitrogen and oxygen atoms in total. The Morgan fingerprint density at radius 3 is 2.64 bits per heavy atom. The Kier molecular flexibility index (Phi) is 4.03. The van der Waals surface area contributed by atoms with E-state index in [-0.39, 0.29) is 5.88 Å². The summed E-state index contributed by atoms with van der Waals surface area (Å²) < 4.78 is 0.923. The van der Waals surface area contributed by atoms with E-state index in [1.807, 2.05) is 48.5 Å². The van der Waals surface area contributed by atoms with Crippen molar-refractivity contribution in [1.82, 2.24) is 15.2 Å². The maximum atomic E-state index is 10.5. The third-order valence-corrected chi connectivity index (χ3v) is 4.30. The zero-order valence-corrected chi connectivity index (χ0v) is 14.6. The number of fused-ring (bicyclic) bond motifs is 1. The van der Waals surface area contributed by atoms with Crippen molar-refractivity contribution in [2.45, 2.75) is 0 Å². The van der Waals surface area contributed by atoms with Gasteiger partial charge in [0.25, 0.3) is 0 Å². The Morgan fingerprint density at radius 1 is 1.04 bits per heavy atom. The van der Waals surface area contributed by atoms with E-state index < -0.39 is 0 Å². The minimum absolute atomic E-state index is 0.0691. The van der Waals surface area contributed by atoms with Crippen molar-refractivity contribution in [1.29, 1.82) is 0 Å². The van der Waals surface area contributed by atoms with E-state index in [1.165, 1.54) is 0 Å². The van der Waals surface area contributed by atoms with Crippen LogP contribution in [0.15, 0.2) is 76.3 Å². The summed E-state index contributed by atoms with van der Waals surface area (Å²) in [5.74, 6) is 0.546. The van der Waals surface area contributed by atoms with Crippen molar-refractivity contribution in [3.8, 4) is 5.88 Å². The molecule has 2 N–H and O–H groups in total. The fourth-order valence-electron chi connectivity index (χ4n) is 2.72. The molecule has 0 fully saturated rings. The van der Waals surface area contributed by atoms with E-state index in [4.69, 9.17) is 0 Å². The highest BCUT2D eigenvalue weighted by Gasteiger charge is 2.19. The van der Waals surface area contributed by atoms with Crippen LogP contribution < -0.4 is 0 Å². The second kappa shape index (κ2) is 6.49. The SMILES string of the molecule is Oc1[nH]c2ccc(Br)cc2c1C(=Nc1cccnn1)c1ccccc1. The standard InChI is InChI=1S/C19H13BrN4O/c20-13-8-9-15-14(11-13)17(19(25)22-15)18(12-5-2-1-3-6-12)23-16-7-4-10-21-24-16/h1-11,22,25H. The van der Waals surface area contributed by atoms with Crippen molar-refractivity contribution in [3.05, 3.63) is 82.5 Å². The van der Waals surface area contributed by atoms with Crippen LogP contribution in [0.5, 0.6) is 5.88 Å². The molecule has 0 aliphatic carbocycles. The predicted octanol–water partition coefficient (Wildman–Crippen LogP) is 4.60. The van der Waals surface area contributed by atoms with E-state index in [2.05, 4.69) is 36.1 Å². The van der Waals surface area contributed by atoms with Crippen LogP contribution in [-0.2, 0) is 0 Å². The van der Waals surface area contributed by atoms with Gasteiger partial charge in [0.2, 0.25) is 0 Å². The first kappa shape index (κ1) is 15.5. The van der Waals surface area contributed by atoms with Crippen LogP contribution in [0.3, 0.4) is 0 Å². The Labute approximate surface area is 152 Å². The van der Waals surface area contributed by atoms with Crippen molar-refractivity contribution < 1.29 is 5.11 Å². The summed E-state index contributed by atoms with van der Waals surface area (Å²) in [6.07, 6.45) is 1.60. The molecule has 0 aliphatic heterocycles. The maximum absolute atomic E-state index is 10.5. The van der Waals surface area contributed by atoms with Gasteiger partial charge in [-0.15, -0.1) is 5.10 Å². The lowest BCUT2D eigenvalue weighted by Gasteiger charge is -2.07. The number of nitrogens with zero attached hydrogens (tertiary/aromatic N) is 3. The van der Waals surface area contributed by atoms with Gasteiger partial charge in [0.1, 0.15) is 0 Å². The molecule has 0 spiro atoms. The molecule has 4 aromatic rings. The predicted molar refractivity (Wildman–Crippen MR) is 101 cm³/mol. The van der Waals surface area contributed by atoms with Gasteiger partial charge in [-0.2, -0.15) is 5.10 Å². The van der Waals surface area contributed by atoms with Gasteiger partial charge in [-0.05, 0) is 30.3 Å². The lowest BCUT2D eigenvalue weighted by Crippen LogP contribution is -2.03. The van der Waals surface area contributed by atoms with Crippen LogP contribution in [0.1, 0.15) is 11.1 Å². The average molecular weight is 393 g/mol. The minimum atomic E-state index is 0.0691. The van der Waals surface area contributed by atoms with Crippen molar-refractivity contribution >= 4 is 38.4 Å². The number of H-pyrrole nitrogens is 1. The number of hydrogen-bond acceptors (Lipinski definition) is 4. The van der Waals surface area contributed by atoms with Gasteiger partial charge in [0, 0.05) is 27.1 Å². The Balaban J connectivity index is 2.01. The maximum Gasteiger partial charge on any atom is 0.199 e. The quantitative estimate of drug-likeness (QED) is 0.500. The van der Waals surface area contributed by atoms with Gasteiger partial charge < -0.3 is 10.1 Å². The Morgan fingerprint density at radius 2 is 1.88 bits per heavy atom. The first-order valence-corrected chi connectivity index (χ1v) is 8.44. The molecule has 2 aromatic carbocycles. The highest BCUT2D eigenvalue weighted by atomic mass is 79.9. The summed E-state index contributed by atoms with van der Waals surface area (Å²) in [4.78, 5) is 7.67. The molecule has 0 amide bonds. The molecule has 0 atom stereocenters. The molecule has 0 bridgehead atoms. The lowest BCUT2D eigenvalue weighted by molar-refractivity contribution is 0.457. The van der Waals surface area contributed by atoms with E-state index in [9.17, 15) is 5.11 Å². The summed E-state index contributed by atoms with van der Waals surface area (Å²) in [6, 6.07) is 19.0. The van der Waals surface area contributed by atoms with E-state index >= 15 is 0 Å². The second-order valence-electron chi connectivity index (χ2n) is 5.45. The van der Waals surface area contributed by atoms with Crippen molar-refractivity contribution in [3.63, 3.8) is 0 Å². The van der Waals surface area contributed by atoms with Crippen LogP contribution in [0, 0.1) is 0 Å². The highest BCUT2D eigenvalue weighted by molar-refractivity contribution is 9.10. The molecule has 0 saturated carbocycles. The third kappa shape index (κ3) is 3.04. The van der Waals surface area contributed by atoms with Crippen LogP contribution in [0.25, 0.3) is 10.9 Å². The monoisotopic (exact) mass is 392 g/mol. The molecular weight excluding hydrogens is 380 g/mol. The summed E-state index contributed by atoms with van der Waals surface area (Å²) in [5, 5.41) is 19.3. The first-order valence-electron chi connectivity index (χ1n) is 7.65. The Hall–Kier alpha value is -2.99. The summed E-state index contributed by atoms with van der Waals surface area (Å²) in [6.45, 7) is 0. The van der Waals surface area contributed by atoms with E-state index in [1.54, 1.807) is 18.3 Å². The van der Waals surface area contributed by atoms with Gasteiger partial charge in [-0.25, -0.2) is 4.99 Å².